The van der Waals surface area contributed by atoms with E-state index in [0.717, 1.165) is 16.8 Å². The summed E-state index contributed by atoms with van der Waals surface area (Å²) in [5.74, 6) is -0.207. The topological polar surface area (TPSA) is 88.4 Å². The van der Waals surface area contributed by atoms with Gasteiger partial charge in [-0.1, -0.05) is 60.4 Å². The number of aryl methyl sites for hydroxylation is 1. The molecule has 0 fully saturated rings. The lowest BCUT2D eigenvalue weighted by atomic mass is 9.99. The number of amides is 1. The Morgan fingerprint density at radius 2 is 1.91 bits per heavy atom. The van der Waals surface area contributed by atoms with Crippen LogP contribution in [0.4, 0.5) is 5.69 Å². The van der Waals surface area contributed by atoms with E-state index in [-0.39, 0.29) is 11.8 Å². The number of anilines is 1. The molecule has 2 heterocycles. The molecule has 1 aromatic heterocycles. The molecule has 168 valence electrons. The standard InChI is InChI=1S/C23H23Cl2N3O4/c1-13(2)12-28-18-8-7-14(24)11-16(18)21(15-5-3-4-6-17(15)25)31-19(22(28)29)9-10-20-26-23(30)32-27-20/h3-8,11,13,19,21H,9-10,12H2,1-2H3,(H,26,27,30). The third kappa shape index (κ3) is 4.75. The van der Waals surface area contributed by atoms with Crippen molar-refractivity contribution in [3.8, 4) is 0 Å². The molecule has 9 heteroatoms. The Bertz CT molecular complexity index is 1170. The number of H-pyrrole nitrogens is 1. The Labute approximate surface area is 195 Å². The molecule has 0 saturated carbocycles. The fourth-order valence-corrected chi connectivity index (χ4v) is 4.29. The van der Waals surface area contributed by atoms with Gasteiger partial charge >= 0.3 is 5.76 Å². The zero-order chi connectivity index (χ0) is 22.8. The summed E-state index contributed by atoms with van der Waals surface area (Å²) < 4.78 is 11.0. The highest BCUT2D eigenvalue weighted by atomic mass is 35.5. The van der Waals surface area contributed by atoms with E-state index in [9.17, 15) is 9.59 Å². The molecule has 1 aliphatic heterocycles. The molecule has 2 aromatic carbocycles. The van der Waals surface area contributed by atoms with Crippen LogP contribution in [0.3, 0.4) is 0 Å². The molecule has 2 unspecified atom stereocenters. The highest BCUT2D eigenvalue weighted by molar-refractivity contribution is 6.31. The summed E-state index contributed by atoms with van der Waals surface area (Å²) in [6, 6.07) is 12.8. The van der Waals surface area contributed by atoms with Crippen LogP contribution >= 0.6 is 23.2 Å². The van der Waals surface area contributed by atoms with Crippen LogP contribution < -0.4 is 10.7 Å². The van der Waals surface area contributed by atoms with Crippen molar-refractivity contribution in [1.29, 1.82) is 0 Å². The van der Waals surface area contributed by atoms with Crippen molar-refractivity contribution in [2.24, 2.45) is 5.92 Å². The van der Waals surface area contributed by atoms with Gasteiger partial charge in [0.25, 0.3) is 5.91 Å². The third-order valence-electron chi connectivity index (χ3n) is 5.27. The highest BCUT2D eigenvalue weighted by Gasteiger charge is 2.37. The van der Waals surface area contributed by atoms with E-state index in [2.05, 4.69) is 28.5 Å². The molecular formula is C23H23Cl2N3O4. The molecule has 0 saturated heterocycles. The Kier molecular flexibility index (Phi) is 6.69. The molecule has 0 bridgehead atoms. The van der Waals surface area contributed by atoms with Gasteiger partial charge in [-0.3, -0.25) is 14.3 Å². The van der Waals surface area contributed by atoms with E-state index >= 15 is 0 Å². The number of hydrogen-bond acceptors (Lipinski definition) is 5. The minimum atomic E-state index is -0.790. The van der Waals surface area contributed by atoms with E-state index in [1.807, 2.05) is 30.3 Å². The van der Waals surface area contributed by atoms with Gasteiger partial charge in [0.1, 0.15) is 12.2 Å². The Morgan fingerprint density at radius 1 is 1.12 bits per heavy atom. The predicted octanol–water partition coefficient (Wildman–Crippen LogP) is 4.78. The van der Waals surface area contributed by atoms with Gasteiger partial charge in [0, 0.05) is 39.8 Å². The van der Waals surface area contributed by atoms with E-state index in [1.165, 1.54) is 0 Å². The normalized spacial score (nSPS) is 18.7. The van der Waals surface area contributed by atoms with Gasteiger partial charge in [0.2, 0.25) is 0 Å². The zero-order valence-electron chi connectivity index (χ0n) is 17.7. The largest absolute Gasteiger partial charge is 0.438 e. The summed E-state index contributed by atoms with van der Waals surface area (Å²) >= 11 is 12.9. The minimum Gasteiger partial charge on any atom is -0.356 e. The number of hydrogen-bond donors (Lipinski definition) is 1. The van der Waals surface area contributed by atoms with Gasteiger partial charge in [-0.25, -0.2) is 4.79 Å². The number of carbonyl (C=O) groups is 1. The molecule has 1 amide bonds. The van der Waals surface area contributed by atoms with Crippen molar-refractivity contribution in [2.75, 3.05) is 11.4 Å². The number of fused-ring (bicyclic) bond motifs is 1. The van der Waals surface area contributed by atoms with E-state index in [1.54, 1.807) is 17.0 Å². The number of nitrogens with zero attached hydrogens (tertiary/aromatic N) is 2. The number of nitrogens with one attached hydrogen (secondary N) is 1. The molecule has 2 atom stereocenters. The van der Waals surface area contributed by atoms with Crippen LogP contribution in [0, 0.1) is 5.92 Å². The molecule has 3 aromatic rings. The molecule has 32 heavy (non-hydrogen) atoms. The second-order valence-corrected chi connectivity index (χ2v) is 9.00. The number of aromatic nitrogens is 2. The fraction of sp³-hybridized carbons (Fsp3) is 0.348. The number of rotatable bonds is 6. The van der Waals surface area contributed by atoms with Crippen molar-refractivity contribution >= 4 is 34.8 Å². The lowest BCUT2D eigenvalue weighted by molar-refractivity contribution is -0.132. The number of carbonyl (C=O) groups excluding carboxylic acids is 1. The predicted molar refractivity (Wildman–Crippen MR) is 122 cm³/mol. The molecule has 0 aliphatic carbocycles. The van der Waals surface area contributed by atoms with Crippen LogP contribution in [0.15, 0.2) is 51.8 Å². The van der Waals surface area contributed by atoms with Gasteiger partial charge in [-0.05, 0) is 36.6 Å². The van der Waals surface area contributed by atoms with Crippen molar-refractivity contribution in [3.05, 3.63) is 80.0 Å². The van der Waals surface area contributed by atoms with Crippen LogP contribution in [-0.2, 0) is 16.0 Å². The average Bonchev–Trinajstić information content (AvgIpc) is 3.13. The van der Waals surface area contributed by atoms with Crippen LogP contribution in [0.2, 0.25) is 10.0 Å². The summed E-state index contributed by atoms with van der Waals surface area (Å²) in [6.45, 7) is 4.62. The first-order valence-electron chi connectivity index (χ1n) is 10.4. The molecule has 7 nitrogen and oxygen atoms in total. The van der Waals surface area contributed by atoms with Gasteiger partial charge in [0.15, 0.2) is 5.82 Å². The van der Waals surface area contributed by atoms with Crippen molar-refractivity contribution in [2.45, 2.75) is 38.9 Å². The molecule has 0 radical (unpaired) electrons. The summed E-state index contributed by atoms with van der Waals surface area (Å²) in [5, 5.41) is 4.77. The zero-order valence-corrected chi connectivity index (χ0v) is 19.2. The second kappa shape index (κ2) is 9.48. The lowest BCUT2D eigenvalue weighted by Crippen LogP contribution is -2.41. The SMILES string of the molecule is CC(C)CN1C(=O)C(CCc2noc(=O)[nH]2)OC(c2ccccc2Cl)c2cc(Cl)ccc21. The number of halogens is 2. The fourth-order valence-electron chi connectivity index (χ4n) is 3.88. The smallest absolute Gasteiger partial charge is 0.356 e. The summed E-state index contributed by atoms with van der Waals surface area (Å²) in [7, 11) is 0. The monoisotopic (exact) mass is 475 g/mol. The van der Waals surface area contributed by atoms with Crippen molar-refractivity contribution in [1.82, 2.24) is 10.1 Å². The average molecular weight is 476 g/mol. The highest BCUT2D eigenvalue weighted by Crippen LogP contribution is 2.42. The van der Waals surface area contributed by atoms with Crippen LogP contribution in [0.5, 0.6) is 0 Å². The van der Waals surface area contributed by atoms with Crippen LogP contribution in [0.25, 0.3) is 0 Å². The minimum absolute atomic E-state index is 0.164. The van der Waals surface area contributed by atoms with E-state index < -0.39 is 18.0 Å². The first-order chi connectivity index (χ1) is 15.3. The molecule has 0 spiro atoms. The van der Waals surface area contributed by atoms with Crippen molar-refractivity contribution < 1.29 is 14.1 Å². The second-order valence-electron chi connectivity index (χ2n) is 8.15. The van der Waals surface area contributed by atoms with Gasteiger partial charge < -0.3 is 9.64 Å². The van der Waals surface area contributed by atoms with Crippen molar-refractivity contribution in [3.63, 3.8) is 0 Å². The number of benzene rings is 2. The maximum Gasteiger partial charge on any atom is 0.438 e. The Hall–Kier alpha value is -2.61. The Morgan fingerprint density at radius 3 is 2.59 bits per heavy atom. The first-order valence-corrected chi connectivity index (χ1v) is 11.1. The molecule has 4 rings (SSSR count). The van der Waals surface area contributed by atoms with E-state index in [0.29, 0.717) is 35.3 Å². The summed E-state index contributed by atoms with van der Waals surface area (Å²) in [4.78, 5) is 29.2. The lowest BCUT2D eigenvalue weighted by Gasteiger charge is -2.26. The number of aromatic amines is 1. The molecule has 1 N–H and O–H groups in total. The maximum atomic E-state index is 13.6. The van der Waals surface area contributed by atoms with E-state index in [4.69, 9.17) is 27.9 Å². The summed E-state index contributed by atoms with van der Waals surface area (Å²) in [6.07, 6.45) is -0.774. The first kappa shape index (κ1) is 22.6. The third-order valence-corrected chi connectivity index (χ3v) is 5.85. The van der Waals surface area contributed by atoms with Gasteiger partial charge in [0.05, 0.1) is 0 Å². The van der Waals surface area contributed by atoms with Gasteiger partial charge in [-0.15, -0.1) is 0 Å². The molecule has 1 aliphatic rings. The maximum absolute atomic E-state index is 13.6. The van der Waals surface area contributed by atoms with Crippen LogP contribution in [-0.4, -0.2) is 28.7 Å². The number of ether oxygens (including phenoxy) is 1. The summed E-state index contributed by atoms with van der Waals surface area (Å²) in [5.41, 5.74) is 2.27. The quantitative estimate of drug-likeness (QED) is 0.553. The Balaban J connectivity index is 1.79. The van der Waals surface area contributed by atoms with Crippen LogP contribution in [0.1, 0.15) is 43.3 Å². The van der Waals surface area contributed by atoms with Gasteiger partial charge in [-0.2, -0.15) is 0 Å². The molecular weight excluding hydrogens is 453 g/mol.